The minimum Gasteiger partial charge on any atom is -0.497 e. The number of nitrogens with one attached hydrogen (secondary N) is 2. The summed E-state index contributed by atoms with van der Waals surface area (Å²) < 4.78 is 18.9. The van der Waals surface area contributed by atoms with Gasteiger partial charge in [0.1, 0.15) is 18.1 Å². The number of aryl methyl sites for hydroxylation is 1. The van der Waals surface area contributed by atoms with Crippen molar-refractivity contribution in [1.29, 1.82) is 0 Å². The van der Waals surface area contributed by atoms with E-state index in [0.717, 1.165) is 38.5 Å². The molecule has 26 heavy (non-hydrogen) atoms. The number of thiocarbonyl (C=S) groups is 1. The quantitative estimate of drug-likeness (QED) is 0.804. The lowest BCUT2D eigenvalue weighted by Gasteiger charge is -2.34. The van der Waals surface area contributed by atoms with Crippen LogP contribution in [0.2, 0.25) is 0 Å². The molecule has 0 aromatic heterocycles. The maximum atomic E-state index is 13.7. The highest BCUT2D eigenvalue weighted by molar-refractivity contribution is 7.80. The smallest absolute Gasteiger partial charge is 0.173 e. The fourth-order valence-corrected chi connectivity index (χ4v) is 3.41. The van der Waals surface area contributed by atoms with Crippen LogP contribution in [0.4, 0.5) is 10.1 Å². The van der Waals surface area contributed by atoms with Crippen LogP contribution in [-0.4, -0.2) is 43.3 Å². The summed E-state index contributed by atoms with van der Waals surface area (Å²) in [5, 5.41) is 3.81. The molecule has 6 heteroatoms. The summed E-state index contributed by atoms with van der Waals surface area (Å²) in [6, 6.07) is 13.4. The van der Waals surface area contributed by atoms with Crippen molar-refractivity contribution in [3.05, 3.63) is 59.4 Å². The van der Waals surface area contributed by atoms with Gasteiger partial charge in [-0.15, -0.1) is 0 Å². The van der Waals surface area contributed by atoms with Crippen LogP contribution in [0.25, 0.3) is 0 Å². The zero-order valence-electron chi connectivity index (χ0n) is 15.2. The van der Waals surface area contributed by atoms with Crippen LogP contribution in [0.5, 0.6) is 5.75 Å². The molecule has 1 saturated heterocycles. The third-order valence-corrected chi connectivity index (χ3v) is 5.15. The number of halogens is 1. The van der Waals surface area contributed by atoms with Gasteiger partial charge in [0, 0.05) is 11.3 Å². The Bertz CT molecular complexity index is 758. The van der Waals surface area contributed by atoms with Crippen molar-refractivity contribution >= 4 is 23.0 Å². The molecule has 1 fully saturated rings. The minimum atomic E-state index is -0.216. The zero-order chi connectivity index (χ0) is 18.5. The number of benzene rings is 2. The minimum absolute atomic E-state index is 0.216. The second-order valence-corrected chi connectivity index (χ2v) is 7.04. The SMILES string of the molecule is COc1ccc(C[NH+]2CCN(C(=S)Nc3ccc(C)c(F)c3)CC2)cc1. The van der Waals surface area contributed by atoms with Crippen molar-refractivity contribution in [3.8, 4) is 5.75 Å². The molecule has 4 nitrogen and oxygen atoms in total. The molecule has 2 N–H and O–H groups in total. The number of quaternary nitrogens is 1. The third kappa shape index (κ3) is 4.71. The van der Waals surface area contributed by atoms with Crippen LogP contribution in [0.1, 0.15) is 11.1 Å². The van der Waals surface area contributed by atoms with Crippen LogP contribution >= 0.6 is 12.2 Å². The highest BCUT2D eigenvalue weighted by atomic mass is 32.1. The highest BCUT2D eigenvalue weighted by Crippen LogP contribution is 2.14. The normalized spacial score (nSPS) is 15.0. The Morgan fingerprint density at radius 3 is 2.50 bits per heavy atom. The van der Waals surface area contributed by atoms with Gasteiger partial charge in [0.25, 0.3) is 0 Å². The van der Waals surface area contributed by atoms with Gasteiger partial charge in [0.05, 0.1) is 33.3 Å². The standard InChI is InChI=1S/C20H24FN3OS/c1-15-3-6-17(13-19(15)21)22-20(26)24-11-9-23(10-12-24)14-16-4-7-18(25-2)8-5-16/h3-8,13H,9-12,14H2,1-2H3,(H,22,26)/p+1. The number of nitrogens with zero attached hydrogens (tertiary/aromatic N) is 1. The molecule has 1 aliphatic rings. The summed E-state index contributed by atoms with van der Waals surface area (Å²) in [4.78, 5) is 3.69. The highest BCUT2D eigenvalue weighted by Gasteiger charge is 2.22. The predicted octanol–water partition coefficient (Wildman–Crippen LogP) is 2.24. The fourth-order valence-electron chi connectivity index (χ4n) is 3.11. The molecule has 2 aromatic carbocycles. The molecule has 0 radical (unpaired) electrons. The van der Waals surface area contributed by atoms with Crippen molar-refractivity contribution in [2.24, 2.45) is 0 Å². The molecule has 138 valence electrons. The first-order chi connectivity index (χ1) is 12.5. The third-order valence-electron chi connectivity index (χ3n) is 4.79. The van der Waals surface area contributed by atoms with E-state index >= 15 is 0 Å². The molecule has 0 atom stereocenters. The first kappa shape index (κ1) is 18.6. The van der Waals surface area contributed by atoms with E-state index in [0.29, 0.717) is 16.4 Å². The number of anilines is 1. The summed E-state index contributed by atoms with van der Waals surface area (Å²) in [6.45, 7) is 6.59. The van der Waals surface area contributed by atoms with Crippen molar-refractivity contribution in [1.82, 2.24) is 4.90 Å². The van der Waals surface area contributed by atoms with Crippen molar-refractivity contribution in [2.75, 3.05) is 38.6 Å². The molecule has 1 aliphatic heterocycles. The van der Waals surface area contributed by atoms with Crippen LogP contribution in [0.3, 0.4) is 0 Å². The molecule has 0 saturated carbocycles. The van der Waals surface area contributed by atoms with E-state index in [9.17, 15) is 4.39 Å². The fraction of sp³-hybridized carbons (Fsp3) is 0.350. The molecule has 1 heterocycles. The first-order valence-electron chi connectivity index (χ1n) is 8.84. The van der Waals surface area contributed by atoms with Gasteiger partial charge in [-0.3, -0.25) is 0 Å². The van der Waals surface area contributed by atoms with Gasteiger partial charge in [-0.1, -0.05) is 6.07 Å². The van der Waals surface area contributed by atoms with E-state index in [-0.39, 0.29) is 5.82 Å². The van der Waals surface area contributed by atoms with E-state index in [1.165, 1.54) is 16.5 Å². The topological polar surface area (TPSA) is 28.9 Å². The Hall–Kier alpha value is -2.18. The van der Waals surface area contributed by atoms with Crippen LogP contribution < -0.4 is 15.0 Å². The molecular weight excluding hydrogens is 349 g/mol. The van der Waals surface area contributed by atoms with Gasteiger partial charge < -0.3 is 19.9 Å². The van der Waals surface area contributed by atoms with Gasteiger partial charge in [-0.2, -0.15) is 0 Å². The monoisotopic (exact) mass is 374 g/mol. The number of hydrogen-bond acceptors (Lipinski definition) is 2. The van der Waals surface area contributed by atoms with Crippen LogP contribution in [0, 0.1) is 12.7 Å². The number of rotatable bonds is 4. The second-order valence-electron chi connectivity index (χ2n) is 6.66. The number of ether oxygens (including phenoxy) is 1. The lowest BCUT2D eigenvalue weighted by atomic mass is 10.2. The molecule has 0 bridgehead atoms. The Morgan fingerprint density at radius 1 is 1.19 bits per heavy atom. The average molecular weight is 375 g/mol. The predicted molar refractivity (Wildman–Crippen MR) is 106 cm³/mol. The zero-order valence-corrected chi connectivity index (χ0v) is 16.0. The van der Waals surface area contributed by atoms with E-state index in [4.69, 9.17) is 17.0 Å². The van der Waals surface area contributed by atoms with E-state index in [1.807, 2.05) is 18.2 Å². The summed E-state index contributed by atoms with van der Waals surface area (Å²) in [5.74, 6) is 0.670. The molecule has 3 rings (SSSR count). The Morgan fingerprint density at radius 2 is 1.88 bits per heavy atom. The van der Waals surface area contributed by atoms with Crippen molar-refractivity contribution in [2.45, 2.75) is 13.5 Å². The van der Waals surface area contributed by atoms with Gasteiger partial charge in [-0.25, -0.2) is 4.39 Å². The molecule has 0 spiro atoms. The summed E-state index contributed by atoms with van der Waals surface area (Å²) in [5.41, 5.74) is 2.65. The van der Waals surface area contributed by atoms with Gasteiger partial charge in [-0.05, 0) is 61.1 Å². The molecular formula is C20H25FN3OS+. The lowest BCUT2D eigenvalue weighted by molar-refractivity contribution is -0.917. The molecule has 0 amide bonds. The number of methoxy groups -OCH3 is 1. The van der Waals surface area contributed by atoms with E-state index in [2.05, 4.69) is 22.3 Å². The largest absolute Gasteiger partial charge is 0.497 e. The Balaban J connectivity index is 1.49. The van der Waals surface area contributed by atoms with Crippen LogP contribution in [0.15, 0.2) is 42.5 Å². The lowest BCUT2D eigenvalue weighted by Crippen LogP contribution is -3.13. The maximum absolute atomic E-state index is 13.7. The number of piperazine rings is 1. The second kappa shape index (κ2) is 8.47. The molecule has 0 unspecified atom stereocenters. The number of hydrogen-bond donors (Lipinski definition) is 2. The van der Waals surface area contributed by atoms with Crippen LogP contribution in [-0.2, 0) is 6.54 Å². The van der Waals surface area contributed by atoms with E-state index in [1.54, 1.807) is 20.1 Å². The Labute approximate surface area is 159 Å². The maximum Gasteiger partial charge on any atom is 0.173 e. The molecule has 2 aromatic rings. The van der Waals surface area contributed by atoms with Crippen molar-refractivity contribution in [3.63, 3.8) is 0 Å². The first-order valence-corrected chi connectivity index (χ1v) is 9.24. The van der Waals surface area contributed by atoms with E-state index < -0.39 is 0 Å². The average Bonchev–Trinajstić information content (AvgIpc) is 2.66. The summed E-state index contributed by atoms with van der Waals surface area (Å²) in [6.07, 6.45) is 0. The van der Waals surface area contributed by atoms with Gasteiger partial charge in [0.2, 0.25) is 0 Å². The Kier molecular flexibility index (Phi) is 6.06. The summed E-state index contributed by atoms with van der Waals surface area (Å²) >= 11 is 5.50. The summed E-state index contributed by atoms with van der Waals surface area (Å²) in [7, 11) is 1.68. The van der Waals surface area contributed by atoms with Gasteiger partial charge >= 0.3 is 0 Å². The molecule has 0 aliphatic carbocycles. The van der Waals surface area contributed by atoms with Crippen molar-refractivity contribution < 1.29 is 14.0 Å². The van der Waals surface area contributed by atoms with Gasteiger partial charge in [0.15, 0.2) is 5.11 Å².